The predicted octanol–water partition coefficient (Wildman–Crippen LogP) is 1.42. The van der Waals surface area contributed by atoms with Crippen molar-refractivity contribution in [2.75, 3.05) is 5.32 Å². The molecule has 8 nitrogen and oxygen atoms in total. The van der Waals surface area contributed by atoms with Gasteiger partial charge in [0.25, 0.3) is 0 Å². The molecule has 0 aromatic carbocycles. The summed E-state index contributed by atoms with van der Waals surface area (Å²) in [6.45, 7) is -2.91. The number of nitrogens with zero attached hydrogens (tertiary/aromatic N) is 4. The van der Waals surface area contributed by atoms with Gasteiger partial charge in [-0.2, -0.15) is 19.0 Å². The number of halogens is 2. The van der Waals surface area contributed by atoms with E-state index in [9.17, 15) is 8.78 Å². The Hall–Kier alpha value is -2.78. The molecule has 3 N–H and O–H groups in total. The van der Waals surface area contributed by atoms with E-state index in [4.69, 9.17) is 0 Å². The van der Waals surface area contributed by atoms with Gasteiger partial charge in [-0.05, 0) is 0 Å². The van der Waals surface area contributed by atoms with Crippen LogP contribution in [-0.4, -0.2) is 37.0 Å². The normalized spacial score (nSPS) is 11.1. The molecule has 0 saturated carbocycles. The number of rotatable bonds is 4. The lowest BCUT2D eigenvalue weighted by Gasteiger charge is -2.00. The molecule has 3 heterocycles. The van der Waals surface area contributed by atoms with Crippen LogP contribution in [0.15, 0.2) is 18.5 Å². The van der Waals surface area contributed by atoms with Gasteiger partial charge in [0, 0.05) is 6.07 Å². The molecule has 0 bridgehead atoms. The van der Waals surface area contributed by atoms with Gasteiger partial charge in [-0.15, -0.1) is 0 Å². The van der Waals surface area contributed by atoms with Crippen molar-refractivity contribution in [2.45, 2.75) is 6.61 Å². The predicted molar refractivity (Wildman–Crippen MR) is 60.2 cm³/mol. The van der Waals surface area contributed by atoms with Gasteiger partial charge in [-0.3, -0.25) is 5.10 Å². The number of hydrogen-bond acceptors (Lipinski definition) is 6. The Morgan fingerprint density at radius 3 is 2.95 bits per heavy atom. The zero-order valence-corrected chi connectivity index (χ0v) is 9.26. The first-order valence-electron chi connectivity index (χ1n) is 5.14. The van der Waals surface area contributed by atoms with E-state index in [0.717, 1.165) is 0 Å². The lowest BCUT2D eigenvalue weighted by Crippen LogP contribution is -2.01. The summed E-state index contributed by atoms with van der Waals surface area (Å²) in [4.78, 5) is 8.25. The summed E-state index contributed by atoms with van der Waals surface area (Å²) in [5.41, 5.74) is 1.12. The van der Waals surface area contributed by atoms with Crippen LogP contribution >= 0.6 is 0 Å². The molecule has 3 aromatic heterocycles. The largest absolute Gasteiger partial charge is 0.417 e. The summed E-state index contributed by atoms with van der Waals surface area (Å²) in [6.07, 6.45) is 3.01. The Morgan fingerprint density at radius 2 is 2.11 bits per heavy atom. The lowest BCUT2D eigenvalue weighted by atomic mass is 10.5. The van der Waals surface area contributed by atoms with Crippen LogP contribution in [0.2, 0.25) is 0 Å². The third-order valence-corrected chi connectivity index (χ3v) is 2.18. The summed E-state index contributed by atoms with van der Waals surface area (Å²) in [5, 5.41) is 15.3. The van der Waals surface area contributed by atoms with Gasteiger partial charge in [-0.1, -0.05) is 0 Å². The number of aromatic nitrogens is 6. The Morgan fingerprint density at radius 1 is 1.21 bits per heavy atom. The smallest absolute Gasteiger partial charge is 0.388 e. The molecule has 0 aliphatic rings. The molecule has 0 aliphatic carbocycles. The van der Waals surface area contributed by atoms with Crippen LogP contribution in [-0.2, 0) is 0 Å². The van der Waals surface area contributed by atoms with E-state index < -0.39 is 6.61 Å². The second-order valence-electron chi connectivity index (χ2n) is 3.48. The zero-order chi connectivity index (χ0) is 13.2. The van der Waals surface area contributed by atoms with Crippen molar-refractivity contribution in [1.82, 2.24) is 30.4 Å². The summed E-state index contributed by atoms with van der Waals surface area (Å²) in [6, 6.07) is 1.28. The second-order valence-corrected chi connectivity index (χ2v) is 3.48. The molecule has 0 amide bonds. The number of anilines is 2. The molecule has 10 heteroatoms. The number of fused-ring (bicyclic) bond motifs is 1. The van der Waals surface area contributed by atoms with Crippen LogP contribution in [0.25, 0.3) is 11.2 Å². The quantitative estimate of drug-likeness (QED) is 0.660. The van der Waals surface area contributed by atoms with Crippen molar-refractivity contribution in [2.24, 2.45) is 0 Å². The van der Waals surface area contributed by atoms with E-state index in [-0.39, 0.29) is 11.7 Å². The molecular weight excluding hydrogens is 260 g/mol. The molecule has 0 fully saturated rings. The number of hydrogen-bond donors (Lipinski definition) is 3. The van der Waals surface area contributed by atoms with Crippen molar-refractivity contribution in [3.63, 3.8) is 0 Å². The first-order valence-corrected chi connectivity index (χ1v) is 5.14. The fourth-order valence-corrected chi connectivity index (χ4v) is 1.45. The minimum Gasteiger partial charge on any atom is -0.417 e. The van der Waals surface area contributed by atoms with Crippen molar-refractivity contribution >= 4 is 22.8 Å². The van der Waals surface area contributed by atoms with Gasteiger partial charge in [0.1, 0.15) is 5.52 Å². The van der Waals surface area contributed by atoms with Crippen molar-refractivity contribution in [3.8, 4) is 5.88 Å². The molecule has 3 rings (SSSR count). The summed E-state index contributed by atoms with van der Waals surface area (Å²) < 4.78 is 28.1. The van der Waals surface area contributed by atoms with Gasteiger partial charge < -0.3 is 10.1 Å². The summed E-state index contributed by atoms with van der Waals surface area (Å²) in [7, 11) is 0. The highest BCUT2D eigenvalue weighted by Crippen LogP contribution is 2.18. The minimum atomic E-state index is -2.91. The summed E-state index contributed by atoms with van der Waals surface area (Å²) in [5.74, 6) is 0.531. The van der Waals surface area contributed by atoms with Crippen LogP contribution in [0.5, 0.6) is 5.88 Å². The van der Waals surface area contributed by atoms with Crippen LogP contribution in [0, 0.1) is 0 Å². The summed E-state index contributed by atoms with van der Waals surface area (Å²) >= 11 is 0. The number of aromatic amines is 2. The lowest BCUT2D eigenvalue weighted by molar-refractivity contribution is -0.0528. The van der Waals surface area contributed by atoms with Gasteiger partial charge >= 0.3 is 6.61 Å². The first-order chi connectivity index (χ1) is 9.20. The van der Waals surface area contributed by atoms with Crippen LogP contribution in [0.3, 0.4) is 0 Å². The van der Waals surface area contributed by atoms with E-state index in [0.29, 0.717) is 17.0 Å². The number of alkyl halides is 2. The standard InChI is InChI=1S/C9H7F2N7O/c10-9(11)19-7-1-5(16-17-7)14-6-3-12-4-2-13-18-8(4)15-6/h1-3,9H,(H3,13,14,15,16,17,18). The average molecular weight is 267 g/mol. The molecule has 0 spiro atoms. The van der Waals surface area contributed by atoms with Crippen molar-refractivity contribution in [1.29, 1.82) is 0 Å². The minimum absolute atomic E-state index is 0.145. The molecule has 0 unspecified atom stereocenters. The van der Waals surface area contributed by atoms with E-state index in [2.05, 4.69) is 40.4 Å². The third kappa shape index (κ3) is 2.41. The van der Waals surface area contributed by atoms with Gasteiger partial charge in [0.05, 0.1) is 12.4 Å². The Kier molecular flexibility index (Phi) is 2.67. The number of H-pyrrole nitrogens is 2. The topological polar surface area (TPSA) is 104 Å². The molecule has 0 radical (unpaired) electrons. The maximum Gasteiger partial charge on any atom is 0.388 e. The average Bonchev–Trinajstić information content (AvgIpc) is 2.97. The van der Waals surface area contributed by atoms with Crippen LogP contribution in [0.1, 0.15) is 0 Å². The van der Waals surface area contributed by atoms with Crippen molar-refractivity contribution in [3.05, 3.63) is 18.5 Å². The molecule has 19 heavy (non-hydrogen) atoms. The van der Waals surface area contributed by atoms with Crippen LogP contribution < -0.4 is 10.1 Å². The molecule has 98 valence electrons. The highest BCUT2D eigenvalue weighted by atomic mass is 19.3. The van der Waals surface area contributed by atoms with Gasteiger partial charge in [0.2, 0.25) is 5.88 Å². The fraction of sp³-hybridized carbons (Fsp3) is 0.111. The highest BCUT2D eigenvalue weighted by molar-refractivity contribution is 5.70. The molecule has 3 aromatic rings. The Balaban J connectivity index is 1.78. The van der Waals surface area contributed by atoms with E-state index in [1.165, 1.54) is 18.5 Å². The highest BCUT2D eigenvalue weighted by Gasteiger charge is 2.09. The number of ether oxygens (including phenoxy) is 1. The fourth-order valence-electron chi connectivity index (χ4n) is 1.45. The van der Waals surface area contributed by atoms with E-state index in [1.807, 2.05) is 0 Å². The molecule has 0 saturated heterocycles. The maximum absolute atomic E-state index is 12.0. The van der Waals surface area contributed by atoms with Crippen LogP contribution in [0.4, 0.5) is 20.4 Å². The monoisotopic (exact) mass is 267 g/mol. The van der Waals surface area contributed by atoms with Gasteiger partial charge in [0.15, 0.2) is 17.3 Å². The number of nitrogens with one attached hydrogen (secondary N) is 3. The Labute approximate surface area is 104 Å². The van der Waals surface area contributed by atoms with E-state index in [1.54, 1.807) is 0 Å². The van der Waals surface area contributed by atoms with Gasteiger partial charge in [-0.25, -0.2) is 15.1 Å². The Bertz CT molecular complexity index is 695. The SMILES string of the molecule is FC(F)Oc1cc(Nc2cnc3cn[nH]c3n2)n[nH]1. The third-order valence-electron chi connectivity index (χ3n) is 2.18. The zero-order valence-electron chi connectivity index (χ0n) is 9.26. The maximum atomic E-state index is 12.0. The second kappa shape index (κ2) is 4.48. The molecule has 0 aliphatic heterocycles. The first kappa shape index (κ1) is 11.3. The molecular formula is C9H7F2N7O. The molecule has 0 atom stereocenters. The van der Waals surface area contributed by atoms with Crippen molar-refractivity contribution < 1.29 is 13.5 Å². The van der Waals surface area contributed by atoms with E-state index >= 15 is 0 Å².